The Kier molecular flexibility index (Phi) is 5.51. The molecule has 7 heteroatoms. The topological polar surface area (TPSA) is 83.9 Å². The van der Waals surface area contributed by atoms with E-state index < -0.39 is 0 Å². The highest BCUT2D eigenvalue weighted by atomic mass is 16.2. The molecule has 4 rings (SSSR count). The van der Waals surface area contributed by atoms with Gasteiger partial charge in [0.25, 0.3) is 0 Å². The zero-order valence-corrected chi connectivity index (χ0v) is 15.5. The number of piperidine rings is 1. The van der Waals surface area contributed by atoms with Crippen LogP contribution in [0.4, 0.5) is 11.9 Å². The molecule has 0 saturated carbocycles. The second-order valence-electron chi connectivity index (χ2n) is 6.84. The van der Waals surface area contributed by atoms with Gasteiger partial charge in [0.05, 0.1) is 12.1 Å². The lowest BCUT2D eigenvalue weighted by atomic mass is 9.94. The van der Waals surface area contributed by atoms with Crippen LogP contribution in [0.5, 0.6) is 0 Å². The summed E-state index contributed by atoms with van der Waals surface area (Å²) in [6.07, 6.45) is 7.48. The quantitative estimate of drug-likeness (QED) is 0.739. The Balaban J connectivity index is 1.43. The van der Waals surface area contributed by atoms with E-state index in [-0.39, 0.29) is 11.8 Å². The van der Waals surface area contributed by atoms with Crippen molar-refractivity contribution in [3.05, 3.63) is 72.3 Å². The predicted molar refractivity (Wildman–Crippen MR) is 106 cm³/mol. The van der Waals surface area contributed by atoms with Crippen molar-refractivity contribution in [3.8, 4) is 0 Å². The molecule has 0 radical (unpaired) electrons. The van der Waals surface area contributed by atoms with E-state index in [1.807, 2.05) is 41.3 Å². The SMILES string of the molecule is O=C(Cc1ccccc1)N1CCC[C@@H](c2ccnc(Nc3ncccn3)n2)C1. The molecular formula is C21H22N6O. The number of likely N-dealkylation sites (tertiary alicyclic amines) is 1. The number of hydrogen-bond donors (Lipinski definition) is 1. The summed E-state index contributed by atoms with van der Waals surface area (Å²) in [4.78, 5) is 31.8. The van der Waals surface area contributed by atoms with Crippen LogP contribution in [0.2, 0.25) is 0 Å². The maximum absolute atomic E-state index is 12.7. The summed E-state index contributed by atoms with van der Waals surface area (Å²) in [6.45, 7) is 1.49. The Morgan fingerprint density at radius 1 is 1.00 bits per heavy atom. The Bertz CT molecular complexity index is 918. The molecular weight excluding hydrogens is 352 g/mol. The van der Waals surface area contributed by atoms with Gasteiger partial charge in [-0.15, -0.1) is 0 Å². The van der Waals surface area contributed by atoms with Gasteiger partial charge >= 0.3 is 0 Å². The summed E-state index contributed by atoms with van der Waals surface area (Å²) in [5, 5.41) is 3.03. The largest absolute Gasteiger partial charge is 0.342 e. The molecule has 1 aliphatic rings. The Hall–Kier alpha value is -3.35. The van der Waals surface area contributed by atoms with Crippen LogP contribution < -0.4 is 5.32 Å². The molecule has 28 heavy (non-hydrogen) atoms. The highest BCUT2D eigenvalue weighted by Gasteiger charge is 2.26. The number of amides is 1. The minimum atomic E-state index is 0.168. The third kappa shape index (κ3) is 4.49. The second kappa shape index (κ2) is 8.56. The van der Waals surface area contributed by atoms with E-state index in [1.165, 1.54) is 0 Å². The van der Waals surface area contributed by atoms with Gasteiger partial charge in [-0.2, -0.15) is 0 Å². The number of carbonyl (C=O) groups excluding carboxylic acids is 1. The lowest BCUT2D eigenvalue weighted by Crippen LogP contribution is -2.40. The molecule has 0 aliphatic carbocycles. The molecule has 1 atom stereocenters. The molecule has 7 nitrogen and oxygen atoms in total. The maximum atomic E-state index is 12.7. The van der Waals surface area contributed by atoms with E-state index in [0.29, 0.717) is 24.9 Å². The van der Waals surface area contributed by atoms with Gasteiger partial charge in [0.2, 0.25) is 17.8 Å². The number of anilines is 2. The predicted octanol–water partition coefficient (Wildman–Crippen LogP) is 2.96. The normalized spacial score (nSPS) is 16.6. The van der Waals surface area contributed by atoms with Gasteiger partial charge in [-0.3, -0.25) is 10.1 Å². The standard InChI is InChI=1S/C21H22N6O/c28-19(14-16-6-2-1-3-7-16)27-13-4-8-17(15-27)18-9-12-24-21(25-18)26-20-22-10-5-11-23-20/h1-3,5-7,9-12,17H,4,8,13-15H2,(H,22,23,24,25,26)/t17-/m1/s1. The Morgan fingerprint density at radius 2 is 1.79 bits per heavy atom. The Labute approximate surface area is 163 Å². The summed E-state index contributed by atoms with van der Waals surface area (Å²) in [5.41, 5.74) is 1.98. The van der Waals surface area contributed by atoms with Crippen LogP contribution in [0.15, 0.2) is 61.1 Å². The van der Waals surface area contributed by atoms with Gasteiger partial charge in [0.1, 0.15) is 0 Å². The van der Waals surface area contributed by atoms with Crippen molar-refractivity contribution < 1.29 is 4.79 Å². The van der Waals surface area contributed by atoms with Crippen molar-refractivity contribution in [1.82, 2.24) is 24.8 Å². The molecule has 1 fully saturated rings. The highest BCUT2D eigenvalue weighted by Crippen LogP contribution is 2.26. The van der Waals surface area contributed by atoms with E-state index in [4.69, 9.17) is 0 Å². The van der Waals surface area contributed by atoms with Gasteiger partial charge in [0.15, 0.2) is 0 Å². The van der Waals surface area contributed by atoms with Crippen LogP contribution in [-0.4, -0.2) is 43.8 Å². The lowest BCUT2D eigenvalue weighted by molar-refractivity contribution is -0.131. The van der Waals surface area contributed by atoms with Gasteiger partial charge in [0, 0.05) is 37.6 Å². The first-order valence-electron chi connectivity index (χ1n) is 9.46. The minimum Gasteiger partial charge on any atom is -0.342 e. The molecule has 0 bridgehead atoms. The number of benzene rings is 1. The molecule has 1 aromatic carbocycles. The fraction of sp³-hybridized carbons (Fsp3) is 0.286. The Morgan fingerprint density at radius 3 is 2.61 bits per heavy atom. The summed E-state index contributed by atoms with van der Waals surface area (Å²) in [7, 11) is 0. The third-order valence-electron chi connectivity index (χ3n) is 4.86. The van der Waals surface area contributed by atoms with E-state index in [9.17, 15) is 4.79 Å². The maximum Gasteiger partial charge on any atom is 0.229 e. The fourth-order valence-electron chi connectivity index (χ4n) is 3.45. The number of hydrogen-bond acceptors (Lipinski definition) is 6. The van der Waals surface area contributed by atoms with Gasteiger partial charge in [-0.25, -0.2) is 19.9 Å². The van der Waals surface area contributed by atoms with Crippen LogP contribution in [-0.2, 0) is 11.2 Å². The molecule has 3 heterocycles. The average molecular weight is 374 g/mol. The summed E-state index contributed by atoms with van der Waals surface area (Å²) < 4.78 is 0. The highest BCUT2D eigenvalue weighted by molar-refractivity contribution is 5.79. The molecule has 1 amide bonds. The number of rotatable bonds is 5. The van der Waals surface area contributed by atoms with E-state index in [0.717, 1.165) is 30.6 Å². The summed E-state index contributed by atoms with van der Waals surface area (Å²) in [5.74, 6) is 1.30. The molecule has 1 saturated heterocycles. The fourth-order valence-corrected chi connectivity index (χ4v) is 3.45. The van der Waals surface area contributed by atoms with E-state index in [1.54, 1.807) is 24.7 Å². The van der Waals surface area contributed by atoms with Crippen LogP contribution in [0.25, 0.3) is 0 Å². The molecule has 3 aromatic rings. The van der Waals surface area contributed by atoms with Crippen molar-refractivity contribution in [1.29, 1.82) is 0 Å². The van der Waals surface area contributed by atoms with Crippen LogP contribution >= 0.6 is 0 Å². The summed E-state index contributed by atoms with van der Waals surface area (Å²) >= 11 is 0. The second-order valence-corrected chi connectivity index (χ2v) is 6.84. The zero-order valence-electron chi connectivity index (χ0n) is 15.5. The van der Waals surface area contributed by atoms with Crippen molar-refractivity contribution >= 4 is 17.8 Å². The number of carbonyl (C=O) groups is 1. The molecule has 1 aliphatic heterocycles. The van der Waals surface area contributed by atoms with Crippen molar-refractivity contribution in [2.24, 2.45) is 0 Å². The van der Waals surface area contributed by atoms with E-state index in [2.05, 4.69) is 25.3 Å². The molecule has 1 N–H and O–H groups in total. The molecule has 0 unspecified atom stereocenters. The zero-order chi connectivity index (χ0) is 19.2. The van der Waals surface area contributed by atoms with Crippen LogP contribution in [0.1, 0.15) is 30.0 Å². The summed E-state index contributed by atoms with van der Waals surface area (Å²) in [6, 6.07) is 13.6. The minimum absolute atomic E-state index is 0.168. The first-order chi connectivity index (χ1) is 13.8. The molecule has 142 valence electrons. The first-order valence-corrected chi connectivity index (χ1v) is 9.46. The van der Waals surface area contributed by atoms with Crippen LogP contribution in [0, 0.1) is 0 Å². The van der Waals surface area contributed by atoms with E-state index >= 15 is 0 Å². The van der Waals surface area contributed by atoms with Gasteiger partial charge in [-0.1, -0.05) is 30.3 Å². The number of nitrogens with one attached hydrogen (secondary N) is 1. The third-order valence-corrected chi connectivity index (χ3v) is 4.86. The van der Waals surface area contributed by atoms with Crippen LogP contribution in [0.3, 0.4) is 0 Å². The first kappa shape index (κ1) is 18.0. The van der Waals surface area contributed by atoms with Crippen molar-refractivity contribution in [2.75, 3.05) is 18.4 Å². The number of aromatic nitrogens is 4. The lowest BCUT2D eigenvalue weighted by Gasteiger charge is -2.32. The van der Waals surface area contributed by atoms with Crippen molar-refractivity contribution in [2.45, 2.75) is 25.2 Å². The van der Waals surface area contributed by atoms with Gasteiger partial charge < -0.3 is 4.90 Å². The average Bonchev–Trinajstić information content (AvgIpc) is 2.75. The monoisotopic (exact) mass is 374 g/mol. The van der Waals surface area contributed by atoms with Gasteiger partial charge in [-0.05, 0) is 30.5 Å². The smallest absolute Gasteiger partial charge is 0.229 e. The molecule has 0 spiro atoms. The van der Waals surface area contributed by atoms with Crippen molar-refractivity contribution in [3.63, 3.8) is 0 Å². The number of nitrogens with zero attached hydrogens (tertiary/aromatic N) is 5. The molecule has 2 aromatic heterocycles.